The molecule has 0 amide bonds. The number of oxazole rings is 1. The Labute approximate surface area is 144 Å². The van der Waals surface area contributed by atoms with Crippen LogP contribution >= 0.6 is 0 Å². The van der Waals surface area contributed by atoms with Crippen LogP contribution in [0.3, 0.4) is 0 Å². The Morgan fingerprint density at radius 1 is 1.16 bits per heavy atom. The monoisotopic (exact) mass is 341 g/mol. The molecule has 0 aliphatic rings. The molecule has 0 spiro atoms. The van der Waals surface area contributed by atoms with Crippen molar-refractivity contribution in [2.24, 2.45) is 0 Å². The molecule has 0 radical (unpaired) electrons. The minimum absolute atomic E-state index is 0.0733. The van der Waals surface area contributed by atoms with Crippen molar-refractivity contribution in [1.82, 2.24) is 4.57 Å². The van der Waals surface area contributed by atoms with Crippen LogP contribution in [-0.4, -0.2) is 17.1 Å². The summed E-state index contributed by atoms with van der Waals surface area (Å²) in [6.07, 6.45) is 0. The average Bonchev–Trinajstić information content (AvgIpc) is 2.96. The first-order valence-electron chi connectivity index (χ1n) is 8.09. The predicted octanol–water partition coefficient (Wildman–Crippen LogP) is 3.30. The van der Waals surface area contributed by atoms with Crippen LogP contribution in [0.2, 0.25) is 0 Å². The van der Waals surface area contributed by atoms with E-state index in [0.29, 0.717) is 23.5 Å². The summed E-state index contributed by atoms with van der Waals surface area (Å²) < 4.78 is 17.4. The van der Waals surface area contributed by atoms with Gasteiger partial charge in [0.1, 0.15) is 18.4 Å². The Morgan fingerprint density at radius 2 is 1.88 bits per heavy atom. The molecule has 3 aromatic rings. The summed E-state index contributed by atoms with van der Waals surface area (Å²) in [7, 11) is 0. The number of benzene rings is 2. The van der Waals surface area contributed by atoms with Crippen LogP contribution in [0.15, 0.2) is 57.7 Å². The quantitative estimate of drug-likeness (QED) is 0.643. The molecule has 1 heterocycles. The fraction of sp³-hybridized carbons (Fsp3) is 0.263. The third kappa shape index (κ3) is 3.42. The summed E-state index contributed by atoms with van der Waals surface area (Å²) in [6.45, 7) is 4.10. The number of carbonyl (C=O) groups is 1. The van der Waals surface area contributed by atoms with Crippen molar-refractivity contribution in [1.29, 1.82) is 0 Å². The molecular weight excluding hydrogens is 322 g/mol. The lowest BCUT2D eigenvalue weighted by atomic mass is 10.2. The summed E-state index contributed by atoms with van der Waals surface area (Å²) in [5.74, 6) is -0.420. The van der Waals surface area contributed by atoms with Crippen molar-refractivity contribution in [3.63, 3.8) is 0 Å². The topological polar surface area (TPSA) is 70.7 Å². The molecular formula is C19H19NO5. The fourth-order valence-corrected chi connectivity index (χ4v) is 2.65. The Morgan fingerprint density at radius 3 is 2.68 bits per heavy atom. The van der Waals surface area contributed by atoms with E-state index in [2.05, 4.69) is 0 Å². The van der Waals surface area contributed by atoms with Gasteiger partial charge in [-0.2, -0.15) is 0 Å². The third-order valence-corrected chi connectivity index (χ3v) is 3.89. The summed E-state index contributed by atoms with van der Waals surface area (Å²) >= 11 is 0. The zero-order valence-electron chi connectivity index (χ0n) is 14.1. The molecule has 0 aliphatic carbocycles. The zero-order valence-corrected chi connectivity index (χ0v) is 14.1. The van der Waals surface area contributed by atoms with Gasteiger partial charge < -0.3 is 13.9 Å². The summed E-state index contributed by atoms with van der Waals surface area (Å²) in [6, 6.07) is 13.5. The van der Waals surface area contributed by atoms with E-state index in [1.165, 1.54) is 4.57 Å². The molecule has 6 heteroatoms. The minimum Gasteiger partial charge on any atom is -0.493 e. The van der Waals surface area contributed by atoms with Crippen LogP contribution in [0.5, 0.6) is 5.75 Å². The van der Waals surface area contributed by atoms with Crippen molar-refractivity contribution >= 4 is 17.1 Å². The average molecular weight is 341 g/mol. The van der Waals surface area contributed by atoms with E-state index in [1.807, 2.05) is 31.2 Å². The number of fused-ring (bicyclic) bond motifs is 1. The second-order valence-corrected chi connectivity index (χ2v) is 5.53. The number of hydrogen-bond donors (Lipinski definition) is 0. The number of carbonyl (C=O) groups excluding carboxylic acids is 1. The van der Waals surface area contributed by atoms with Crippen molar-refractivity contribution in [3.8, 4) is 5.75 Å². The Bertz CT molecular complexity index is 940. The van der Waals surface area contributed by atoms with Crippen LogP contribution in [0, 0.1) is 0 Å². The fourth-order valence-electron chi connectivity index (χ4n) is 2.65. The maximum absolute atomic E-state index is 12.4. The van der Waals surface area contributed by atoms with Crippen LogP contribution in [0.1, 0.15) is 25.5 Å². The molecule has 6 nitrogen and oxygen atoms in total. The molecule has 0 saturated carbocycles. The first-order chi connectivity index (χ1) is 12.1. The first kappa shape index (κ1) is 16.8. The number of esters is 1. The maximum Gasteiger partial charge on any atom is 0.420 e. The number of ether oxygens (including phenoxy) is 2. The molecule has 0 bridgehead atoms. The van der Waals surface area contributed by atoms with Gasteiger partial charge in [0.15, 0.2) is 5.58 Å². The number of para-hydroxylation sites is 3. The lowest BCUT2D eigenvalue weighted by Gasteiger charge is -2.14. The molecule has 0 saturated heterocycles. The minimum atomic E-state index is -0.796. The highest BCUT2D eigenvalue weighted by molar-refractivity contribution is 5.79. The summed E-state index contributed by atoms with van der Waals surface area (Å²) in [5.41, 5.74) is 1.77. The summed E-state index contributed by atoms with van der Waals surface area (Å²) in [4.78, 5) is 24.5. The Balaban J connectivity index is 1.77. The van der Waals surface area contributed by atoms with E-state index >= 15 is 0 Å². The van der Waals surface area contributed by atoms with E-state index < -0.39 is 17.8 Å². The smallest absolute Gasteiger partial charge is 0.420 e. The SMILES string of the molecule is CCOc1ccccc1COC(=O)C(C)n1c(=O)oc2ccccc21. The second-order valence-electron chi connectivity index (χ2n) is 5.53. The van der Waals surface area contributed by atoms with E-state index in [0.717, 1.165) is 5.56 Å². The van der Waals surface area contributed by atoms with Gasteiger partial charge in [-0.1, -0.05) is 30.3 Å². The Hall–Kier alpha value is -3.02. The normalized spacial score (nSPS) is 12.1. The lowest BCUT2D eigenvalue weighted by Crippen LogP contribution is -2.26. The number of rotatable bonds is 6. The molecule has 0 aliphatic heterocycles. The zero-order chi connectivity index (χ0) is 17.8. The van der Waals surface area contributed by atoms with Gasteiger partial charge in [-0.3, -0.25) is 4.57 Å². The highest BCUT2D eigenvalue weighted by Crippen LogP contribution is 2.21. The van der Waals surface area contributed by atoms with Crippen LogP contribution in [-0.2, 0) is 16.1 Å². The van der Waals surface area contributed by atoms with E-state index in [9.17, 15) is 9.59 Å². The first-order valence-corrected chi connectivity index (χ1v) is 8.09. The van der Waals surface area contributed by atoms with E-state index in [1.54, 1.807) is 31.2 Å². The highest BCUT2D eigenvalue weighted by atomic mass is 16.5. The largest absolute Gasteiger partial charge is 0.493 e. The molecule has 0 N–H and O–H groups in total. The number of aromatic nitrogens is 1. The van der Waals surface area contributed by atoms with Crippen molar-refractivity contribution in [2.45, 2.75) is 26.5 Å². The molecule has 25 heavy (non-hydrogen) atoms. The van der Waals surface area contributed by atoms with Gasteiger partial charge in [-0.15, -0.1) is 0 Å². The number of hydrogen-bond acceptors (Lipinski definition) is 5. The predicted molar refractivity (Wildman–Crippen MR) is 92.6 cm³/mol. The standard InChI is InChI=1S/C19H19NO5/c1-3-23-16-10-6-4-8-14(16)12-24-18(21)13(2)20-15-9-5-7-11-17(15)25-19(20)22/h4-11,13H,3,12H2,1-2H3. The van der Waals surface area contributed by atoms with Gasteiger partial charge in [0, 0.05) is 5.56 Å². The van der Waals surface area contributed by atoms with Crippen LogP contribution < -0.4 is 10.5 Å². The van der Waals surface area contributed by atoms with Crippen LogP contribution in [0.25, 0.3) is 11.1 Å². The van der Waals surface area contributed by atoms with E-state index in [-0.39, 0.29) is 6.61 Å². The van der Waals surface area contributed by atoms with Gasteiger partial charge in [-0.05, 0) is 32.0 Å². The second kappa shape index (κ2) is 7.25. The molecule has 1 atom stereocenters. The van der Waals surface area contributed by atoms with Gasteiger partial charge in [0.2, 0.25) is 0 Å². The van der Waals surface area contributed by atoms with Gasteiger partial charge >= 0.3 is 11.7 Å². The van der Waals surface area contributed by atoms with Gasteiger partial charge in [0.25, 0.3) is 0 Å². The molecule has 1 unspecified atom stereocenters. The van der Waals surface area contributed by atoms with Crippen molar-refractivity contribution < 1.29 is 18.7 Å². The molecule has 2 aromatic carbocycles. The van der Waals surface area contributed by atoms with Crippen LogP contribution in [0.4, 0.5) is 0 Å². The van der Waals surface area contributed by atoms with Crippen molar-refractivity contribution in [3.05, 3.63) is 64.6 Å². The lowest BCUT2D eigenvalue weighted by molar-refractivity contribution is -0.148. The molecule has 1 aromatic heterocycles. The van der Waals surface area contributed by atoms with Gasteiger partial charge in [0.05, 0.1) is 12.1 Å². The van der Waals surface area contributed by atoms with Gasteiger partial charge in [-0.25, -0.2) is 9.59 Å². The van der Waals surface area contributed by atoms with Crippen molar-refractivity contribution in [2.75, 3.05) is 6.61 Å². The Kier molecular flexibility index (Phi) is 4.88. The van der Waals surface area contributed by atoms with E-state index in [4.69, 9.17) is 13.9 Å². The molecule has 130 valence electrons. The third-order valence-electron chi connectivity index (χ3n) is 3.89. The molecule has 0 fully saturated rings. The number of nitrogens with zero attached hydrogens (tertiary/aromatic N) is 1. The highest BCUT2D eigenvalue weighted by Gasteiger charge is 2.22. The summed E-state index contributed by atoms with van der Waals surface area (Å²) in [5, 5.41) is 0. The molecule has 3 rings (SSSR count). The maximum atomic E-state index is 12.4.